The molecule has 0 amide bonds. The Kier molecular flexibility index (Phi) is 3.40. The Hall–Kier alpha value is -1.14. The predicted octanol–water partition coefficient (Wildman–Crippen LogP) is 0.568. The molecule has 5 nitrogen and oxygen atoms in total. The van der Waals surface area contributed by atoms with Gasteiger partial charge in [-0.05, 0) is 6.42 Å². The quantitative estimate of drug-likeness (QED) is 0.810. The second kappa shape index (κ2) is 4.80. The Bertz CT molecular complexity index is 380. The van der Waals surface area contributed by atoms with Gasteiger partial charge in [0.25, 0.3) is 0 Å². The van der Waals surface area contributed by atoms with Gasteiger partial charge in [-0.3, -0.25) is 0 Å². The Morgan fingerprint density at radius 2 is 2.62 bits per heavy atom. The fourth-order valence-electron chi connectivity index (χ4n) is 1.74. The molecule has 16 heavy (non-hydrogen) atoms. The Balaban J connectivity index is 2.19. The van der Waals surface area contributed by atoms with Crippen LogP contribution in [-0.2, 0) is 11.2 Å². The van der Waals surface area contributed by atoms with Crippen LogP contribution in [0.2, 0.25) is 0 Å². The molecule has 0 radical (unpaired) electrons. The molecule has 0 aliphatic carbocycles. The summed E-state index contributed by atoms with van der Waals surface area (Å²) in [5, 5.41) is 15.0. The molecular formula is C10H15N3O2S. The van der Waals surface area contributed by atoms with Gasteiger partial charge in [-0.2, -0.15) is 0 Å². The minimum Gasteiger partial charge on any atom is -0.480 e. The number of carboxylic acid groups (broad SMARTS) is 1. The van der Waals surface area contributed by atoms with Gasteiger partial charge in [-0.25, -0.2) is 9.78 Å². The van der Waals surface area contributed by atoms with Crippen molar-refractivity contribution in [2.75, 3.05) is 24.5 Å². The average molecular weight is 241 g/mol. The predicted molar refractivity (Wildman–Crippen MR) is 63.1 cm³/mol. The van der Waals surface area contributed by atoms with E-state index in [9.17, 15) is 4.79 Å². The number of piperazine rings is 1. The first-order chi connectivity index (χ1) is 7.72. The molecule has 1 atom stereocenters. The summed E-state index contributed by atoms with van der Waals surface area (Å²) < 4.78 is 0. The zero-order valence-electron chi connectivity index (χ0n) is 9.14. The highest BCUT2D eigenvalue weighted by Gasteiger charge is 2.30. The number of carbonyl (C=O) groups is 1. The number of nitrogens with one attached hydrogen (secondary N) is 1. The minimum absolute atomic E-state index is 0.483. The molecule has 0 aromatic carbocycles. The van der Waals surface area contributed by atoms with Crippen LogP contribution in [0, 0.1) is 0 Å². The minimum atomic E-state index is -0.791. The molecule has 2 rings (SSSR count). The fraction of sp³-hybridized carbons (Fsp3) is 0.600. The van der Waals surface area contributed by atoms with Gasteiger partial charge in [-0.1, -0.05) is 6.92 Å². The maximum absolute atomic E-state index is 11.1. The summed E-state index contributed by atoms with van der Waals surface area (Å²) in [6, 6.07) is -0.496. The van der Waals surface area contributed by atoms with Crippen LogP contribution >= 0.6 is 11.3 Å². The molecule has 1 aromatic rings. The van der Waals surface area contributed by atoms with Crippen LogP contribution in [0.1, 0.15) is 12.6 Å². The number of hydrogen-bond acceptors (Lipinski definition) is 5. The number of aryl methyl sites for hydroxylation is 1. The van der Waals surface area contributed by atoms with Crippen molar-refractivity contribution in [2.24, 2.45) is 0 Å². The van der Waals surface area contributed by atoms with Crippen molar-refractivity contribution < 1.29 is 9.90 Å². The molecule has 2 heterocycles. The van der Waals surface area contributed by atoms with E-state index in [1.54, 1.807) is 0 Å². The van der Waals surface area contributed by atoms with E-state index < -0.39 is 12.0 Å². The fourth-order valence-corrected chi connectivity index (χ4v) is 2.73. The largest absolute Gasteiger partial charge is 0.480 e. The van der Waals surface area contributed by atoms with Crippen molar-refractivity contribution in [2.45, 2.75) is 19.4 Å². The summed E-state index contributed by atoms with van der Waals surface area (Å²) in [6.45, 7) is 4.04. The molecular weight excluding hydrogens is 226 g/mol. The van der Waals surface area contributed by atoms with E-state index in [-0.39, 0.29) is 0 Å². The second-order valence-electron chi connectivity index (χ2n) is 3.73. The zero-order chi connectivity index (χ0) is 11.5. The van der Waals surface area contributed by atoms with Gasteiger partial charge in [-0.15, -0.1) is 11.3 Å². The highest BCUT2D eigenvalue weighted by Crippen LogP contribution is 2.23. The van der Waals surface area contributed by atoms with Gasteiger partial charge in [0.05, 0.1) is 5.69 Å². The number of hydrogen-bond donors (Lipinski definition) is 2. The summed E-state index contributed by atoms with van der Waals surface area (Å²) in [7, 11) is 0. The summed E-state index contributed by atoms with van der Waals surface area (Å²) >= 11 is 1.53. The molecule has 1 unspecified atom stereocenters. The second-order valence-corrected chi connectivity index (χ2v) is 4.56. The highest BCUT2D eigenvalue weighted by atomic mass is 32.1. The Morgan fingerprint density at radius 3 is 3.25 bits per heavy atom. The van der Waals surface area contributed by atoms with Crippen LogP contribution < -0.4 is 10.2 Å². The lowest BCUT2D eigenvalue weighted by Gasteiger charge is -2.33. The lowest BCUT2D eigenvalue weighted by molar-refractivity contribution is -0.138. The van der Waals surface area contributed by atoms with Gasteiger partial charge in [0.15, 0.2) is 5.13 Å². The third-order valence-electron chi connectivity index (χ3n) is 2.68. The van der Waals surface area contributed by atoms with Crippen LogP contribution in [0.3, 0.4) is 0 Å². The first kappa shape index (κ1) is 11.3. The van der Waals surface area contributed by atoms with E-state index >= 15 is 0 Å². The maximum Gasteiger partial charge on any atom is 0.327 e. The molecule has 1 saturated heterocycles. The Morgan fingerprint density at radius 1 is 1.81 bits per heavy atom. The van der Waals surface area contributed by atoms with Crippen LogP contribution in [0.25, 0.3) is 0 Å². The van der Waals surface area contributed by atoms with Crippen LogP contribution in [0.15, 0.2) is 5.38 Å². The van der Waals surface area contributed by atoms with Gasteiger partial charge in [0.2, 0.25) is 0 Å². The molecule has 1 fully saturated rings. The van der Waals surface area contributed by atoms with E-state index in [0.717, 1.165) is 23.8 Å². The SMILES string of the molecule is CCc1csc(N2CCNCC2C(=O)O)n1. The van der Waals surface area contributed by atoms with E-state index in [4.69, 9.17) is 5.11 Å². The van der Waals surface area contributed by atoms with E-state index in [1.165, 1.54) is 11.3 Å². The molecule has 6 heteroatoms. The normalized spacial score (nSPS) is 21.1. The Labute approximate surface area is 98.1 Å². The van der Waals surface area contributed by atoms with Crippen LogP contribution in [-0.4, -0.2) is 41.7 Å². The standard InChI is InChI=1S/C10H15N3O2S/c1-2-7-6-16-10(12-7)13-4-3-11-5-8(13)9(14)15/h6,8,11H,2-5H2,1H3,(H,14,15). The number of carboxylic acids is 1. The van der Waals surface area contributed by atoms with Gasteiger partial charge in [0, 0.05) is 25.0 Å². The van der Waals surface area contributed by atoms with Gasteiger partial charge in [0.1, 0.15) is 6.04 Å². The third-order valence-corrected chi connectivity index (χ3v) is 3.60. The van der Waals surface area contributed by atoms with Crippen molar-refractivity contribution in [3.63, 3.8) is 0 Å². The van der Waals surface area contributed by atoms with Gasteiger partial charge < -0.3 is 15.3 Å². The number of rotatable bonds is 3. The molecule has 0 saturated carbocycles. The van der Waals surface area contributed by atoms with E-state index in [0.29, 0.717) is 13.1 Å². The van der Waals surface area contributed by atoms with E-state index in [1.807, 2.05) is 17.2 Å². The monoisotopic (exact) mass is 241 g/mol. The number of anilines is 1. The molecule has 1 aliphatic rings. The van der Waals surface area contributed by atoms with Crippen molar-refractivity contribution in [3.05, 3.63) is 11.1 Å². The topological polar surface area (TPSA) is 65.5 Å². The first-order valence-corrected chi connectivity index (χ1v) is 6.25. The van der Waals surface area contributed by atoms with Crippen molar-refractivity contribution in [3.8, 4) is 0 Å². The number of thiazole rings is 1. The highest BCUT2D eigenvalue weighted by molar-refractivity contribution is 7.13. The summed E-state index contributed by atoms with van der Waals surface area (Å²) in [5.41, 5.74) is 1.03. The number of aliphatic carboxylic acids is 1. The first-order valence-electron chi connectivity index (χ1n) is 5.37. The lowest BCUT2D eigenvalue weighted by Crippen LogP contribution is -2.55. The zero-order valence-corrected chi connectivity index (χ0v) is 9.96. The van der Waals surface area contributed by atoms with Crippen molar-refractivity contribution in [1.82, 2.24) is 10.3 Å². The molecule has 1 aliphatic heterocycles. The van der Waals surface area contributed by atoms with E-state index in [2.05, 4.69) is 10.3 Å². The van der Waals surface area contributed by atoms with Crippen LogP contribution in [0.4, 0.5) is 5.13 Å². The summed E-state index contributed by atoms with van der Waals surface area (Å²) in [6.07, 6.45) is 0.889. The number of aromatic nitrogens is 1. The maximum atomic E-state index is 11.1. The average Bonchev–Trinajstić information content (AvgIpc) is 2.77. The van der Waals surface area contributed by atoms with Crippen molar-refractivity contribution >= 4 is 22.4 Å². The molecule has 2 N–H and O–H groups in total. The summed E-state index contributed by atoms with van der Waals surface area (Å²) in [4.78, 5) is 17.4. The smallest absolute Gasteiger partial charge is 0.327 e. The molecule has 88 valence electrons. The molecule has 0 bridgehead atoms. The third kappa shape index (κ3) is 2.17. The summed E-state index contributed by atoms with van der Waals surface area (Å²) in [5.74, 6) is -0.791. The van der Waals surface area contributed by atoms with Gasteiger partial charge >= 0.3 is 5.97 Å². The number of nitrogens with zero attached hydrogens (tertiary/aromatic N) is 2. The molecule has 1 aromatic heterocycles. The van der Waals surface area contributed by atoms with Crippen molar-refractivity contribution in [1.29, 1.82) is 0 Å². The molecule has 0 spiro atoms. The van der Waals surface area contributed by atoms with Crippen LogP contribution in [0.5, 0.6) is 0 Å². The lowest BCUT2D eigenvalue weighted by atomic mass is 10.2.